The van der Waals surface area contributed by atoms with Gasteiger partial charge in [0.1, 0.15) is 11.4 Å². The molecule has 0 unspecified atom stereocenters. The molecule has 0 bridgehead atoms. The zero-order chi connectivity index (χ0) is 14.7. The van der Waals surface area contributed by atoms with E-state index in [2.05, 4.69) is 5.10 Å². The summed E-state index contributed by atoms with van der Waals surface area (Å²) in [5.41, 5.74) is 1.26. The van der Waals surface area contributed by atoms with Crippen LogP contribution in [0.5, 0.6) is 0 Å². The zero-order valence-corrected chi connectivity index (χ0v) is 11.4. The van der Waals surface area contributed by atoms with E-state index in [0.717, 1.165) is 0 Å². The first-order valence-corrected chi connectivity index (χ1v) is 6.32. The van der Waals surface area contributed by atoms with Crippen molar-refractivity contribution in [3.8, 4) is 0 Å². The van der Waals surface area contributed by atoms with Crippen LogP contribution in [-0.2, 0) is 19.9 Å². The zero-order valence-electron chi connectivity index (χ0n) is 11.4. The highest BCUT2D eigenvalue weighted by Gasteiger charge is 2.27. The molecule has 0 fully saturated rings. The molecule has 0 saturated carbocycles. The van der Waals surface area contributed by atoms with E-state index in [-0.39, 0.29) is 17.9 Å². The number of benzene rings is 1. The lowest BCUT2D eigenvalue weighted by Crippen LogP contribution is -2.09. The van der Waals surface area contributed by atoms with E-state index < -0.39 is 4.92 Å². The van der Waals surface area contributed by atoms with Crippen molar-refractivity contribution in [3.63, 3.8) is 0 Å². The number of aryl methyl sites for hydroxylation is 2. The van der Waals surface area contributed by atoms with E-state index >= 15 is 0 Å². The minimum absolute atomic E-state index is 0.0240. The van der Waals surface area contributed by atoms with Gasteiger partial charge in [-0.15, -0.1) is 0 Å². The molecule has 2 rings (SSSR count). The van der Waals surface area contributed by atoms with E-state index in [1.807, 2.05) is 6.07 Å². The molecule has 20 heavy (non-hydrogen) atoms. The normalized spacial score (nSPS) is 10.5. The standard InChI is InChI=1S/C14H15N3O3/c1-3-11-14(17(19)20)12(16(2)15-11)9-13(18)10-7-5-4-6-8-10/h4-8H,3,9H2,1-2H3. The maximum absolute atomic E-state index is 12.2. The van der Waals surface area contributed by atoms with Gasteiger partial charge in [-0.3, -0.25) is 19.6 Å². The number of carbonyl (C=O) groups excluding carboxylic acids is 1. The maximum atomic E-state index is 12.2. The lowest BCUT2D eigenvalue weighted by Gasteiger charge is -2.01. The van der Waals surface area contributed by atoms with Gasteiger partial charge >= 0.3 is 5.69 Å². The Morgan fingerprint density at radius 1 is 1.35 bits per heavy atom. The van der Waals surface area contributed by atoms with Crippen molar-refractivity contribution >= 4 is 11.5 Å². The molecule has 0 N–H and O–H groups in total. The summed E-state index contributed by atoms with van der Waals surface area (Å²) in [4.78, 5) is 22.9. The van der Waals surface area contributed by atoms with Gasteiger partial charge in [-0.25, -0.2) is 0 Å². The minimum Gasteiger partial charge on any atom is -0.294 e. The third-order valence-electron chi connectivity index (χ3n) is 3.15. The lowest BCUT2D eigenvalue weighted by molar-refractivity contribution is -0.386. The van der Waals surface area contributed by atoms with Crippen LogP contribution in [0, 0.1) is 10.1 Å². The first-order valence-electron chi connectivity index (χ1n) is 6.32. The fraction of sp³-hybridized carbons (Fsp3) is 0.286. The van der Waals surface area contributed by atoms with Crippen molar-refractivity contribution in [2.24, 2.45) is 7.05 Å². The molecule has 0 aliphatic heterocycles. The Morgan fingerprint density at radius 3 is 2.55 bits per heavy atom. The number of nitro groups is 1. The lowest BCUT2D eigenvalue weighted by atomic mass is 10.1. The average molecular weight is 273 g/mol. The van der Waals surface area contributed by atoms with Crippen molar-refractivity contribution in [1.29, 1.82) is 0 Å². The molecule has 104 valence electrons. The summed E-state index contributed by atoms with van der Waals surface area (Å²) >= 11 is 0. The number of carbonyl (C=O) groups is 1. The number of nitrogens with zero attached hydrogens (tertiary/aromatic N) is 3. The van der Waals surface area contributed by atoms with Gasteiger partial charge in [0.25, 0.3) is 0 Å². The van der Waals surface area contributed by atoms with Gasteiger partial charge in [-0.05, 0) is 6.42 Å². The van der Waals surface area contributed by atoms with Gasteiger partial charge in [0, 0.05) is 12.6 Å². The number of hydrogen-bond acceptors (Lipinski definition) is 4. The minimum atomic E-state index is -0.459. The Labute approximate surface area is 116 Å². The van der Waals surface area contributed by atoms with E-state index in [1.54, 1.807) is 38.2 Å². The summed E-state index contributed by atoms with van der Waals surface area (Å²) in [6, 6.07) is 8.75. The molecule has 0 spiro atoms. The Bertz CT molecular complexity index is 647. The van der Waals surface area contributed by atoms with Crippen molar-refractivity contribution in [2.75, 3.05) is 0 Å². The van der Waals surface area contributed by atoms with Crippen LogP contribution in [0.15, 0.2) is 30.3 Å². The number of hydrogen-bond donors (Lipinski definition) is 0. The van der Waals surface area contributed by atoms with Crippen LogP contribution in [0.25, 0.3) is 0 Å². The van der Waals surface area contributed by atoms with Crippen molar-refractivity contribution in [2.45, 2.75) is 19.8 Å². The summed E-state index contributed by atoms with van der Waals surface area (Å²) in [5.74, 6) is -0.153. The molecule has 1 heterocycles. The number of Topliss-reactive ketones (excluding diaryl/α,β-unsaturated/α-hetero) is 1. The maximum Gasteiger partial charge on any atom is 0.313 e. The molecule has 0 saturated heterocycles. The topological polar surface area (TPSA) is 78.0 Å². The van der Waals surface area contributed by atoms with E-state index in [1.165, 1.54) is 4.68 Å². The van der Waals surface area contributed by atoms with Crippen LogP contribution in [-0.4, -0.2) is 20.5 Å². The molecule has 2 aromatic rings. The van der Waals surface area contributed by atoms with Gasteiger partial charge in [0.05, 0.1) is 11.3 Å². The molecular weight excluding hydrogens is 258 g/mol. The predicted octanol–water partition coefficient (Wildman–Crippen LogP) is 2.32. The Morgan fingerprint density at radius 2 is 2.00 bits per heavy atom. The molecule has 1 aromatic carbocycles. The number of rotatable bonds is 5. The number of ketones is 1. The summed E-state index contributed by atoms with van der Waals surface area (Å²) in [6.45, 7) is 1.80. The van der Waals surface area contributed by atoms with Crippen molar-refractivity contribution < 1.29 is 9.72 Å². The first kappa shape index (κ1) is 13.9. The summed E-state index contributed by atoms with van der Waals surface area (Å²) in [5, 5.41) is 15.3. The fourth-order valence-corrected chi connectivity index (χ4v) is 2.13. The van der Waals surface area contributed by atoms with Crippen LogP contribution >= 0.6 is 0 Å². The third-order valence-corrected chi connectivity index (χ3v) is 3.15. The fourth-order valence-electron chi connectivity index (χ4n) is 2.13. The Balaban J connectivity index is 2.37. The molecule has 0 amide bonds. The van der Waals surface area contributed by atoms with E-state index in [0.29, 0.717) is 23.4 Å². The highest BCUT2D eigenvalue weighted by atomic mass is 16.6. The second kappa shape index (κ2) is 5.64. The second-order valence-electron chi connectivity index (χ2n) is 4.44. The third kappa shape index (κ3) is 2.59. The van der Waals surface area contributed by atoms with Crippen molar-refractivity contribution in [3.05, 3.63) is 57.4 Å². The highest BCUT2D eigenvalue weighted by molar-refractivity contribution is 5.97. The molecule has 0 aliphatic carbocycles. The molecule has 0 atom stereocenters. The highest BCUT2D eigenvalue weighted by Crippen LogP contribution is 2.24. The van der Waals surface area contributed by atoms with Gasteiger partial charge in [0.15, 0.2) is 5.78 Å². The second-order valence-corrected chi connectivity index (χ2v) is 4.44. The van der Waals surface area contributed by atoms with Crippen LogP contribution in [0.4, 0.5) is 5.69 Å². The summed E-state index contributed by atoms with van der Waals surface area (Å²) in [7, 11) is 1.62. The van der Waals surface area contributed by atoms with E-state index in [9.17, 15) is 14.9 Å². The van der Waals surface area contributed by atoms with Crippen LogP contribution in [0.2, 0.25) is 0 Å². The first-order chi connectivity index (χ1) is 9.54. The number of aromatic nitrogens is 2. The molecule has 6 nitrogen and oxygen atoms in total. The molecule has 0 radical (unpaired) electrons. The summed E-state index contributed by atoms with van der Waals surface area (Å²) in [6.07, 6.45) is 0.438. The van der Waals surface area contributed by atoms with Gasteiger partial charge in [-0.2, -0.15) is 5.10 Å². The van der Waals surface area contributed by atoms with Crippen molar-refractivity contribution in [1.82, 2.24) is 9.78 Å². The smallest absolute Gasteiger partial charge is 0.294 e. The Kier molecular flexibility index (Phi) is 3.93. The quantitative estimate of drug-likeness (QED) is 0.476. The molecule has 6 heteroatoms. The van der Waals surface area contributed by atoms with Gasteiger partial charge in [0.2, 0.25) is 0 Å². The van der Waals surface area contributed by atoms with Gasteiger partial charge < -0.3 is 0 Å². The van der Waals surface area contributed by atoms with Crippen LogP contribution < -0.4 is 0 Å². The molecule has 1 aromatic heterocycles. The molecule has 0 aliphatic rings. The largest absolute Gasteiger partial charge is 0.313 e. The molecular formula is C14H15N3O3. The van der Waals surface area contributed by atoms with E-state index in [4.69, 9.17) is 0 Å². The average Bonchev–Trinajstić information content (AvgIpc) is 2.76. The van der Waals surface area contributed by atoms with Crippen LogP contribution in [0.3, 0.4) is 0 Å². The summed E-state index contributed by atoms with van der Waals surface area (Å²) < 4.78 is 1.43. The van der Waals surface area contributed by atoms with Crippen LogP contribution in [0.1, 0.15) is 28.7 Å². The predicted molar refractivity (Wildman–Crippen MR) is 73.7 cm³/mol. The monoisotopic (exact) mass is 273 g/mol. The SMILES string of the molecule is CCc1nn(C)c(CC(=O)c2ccccc2)c1[N+](=O)[O-]. The van der Waals surface area contributed by atoms with Gasteiger partial charge in [-0.1, -0.05) is 37.3 Å². The Hall–Kier alpha value is -2.50.